The average Bonchev–Trinajstić information content (AvgIpc) is 3.19. The van der Waals surface area contributed by atoms with E-state index in [1.807, 2.05) is 36.4 Å². The van der Waals surface area contributed by atoms with E-state index in [-0.39, 0.29) is 6.04 Å². The molecule has 0 saturated heterocycles. The summed E-state index contributed by atoms with van der Waals surface area (Å²) in [7, 11) is 0. The molecule has 4 aromatic rings. The van der Waals surface area contributed by atoms with E-state index < -0.39 is 5.91 Å². The summed E-state index contributed by atoms with van der Waals surface area (Å²) in [5.41, 5.74) is 8.04. The smallest absolute Gasteiger partial charge is 0.267 e. The van der Waals surface area contributed by atoms with Gasteiger partial charge in [-0.1, -0.05) is 78.9 Å². The third-order valence-corrected chi connectivity index (χ3v) is 5.78. The van der Waals surface area contributed by atoms with Crippen LogP contribution in [0.2, 0.25) is 0 Å². The highest BCUT2D eigenvalue weighted by molar-refractivity contribution is 5.91. The van der Waals surface area contributed by atoms with Gasteiger partial charge >= 0.3 is 0 Å². The first-order valence-corrected chi connectivity index (χ1v) is 11.0. The summed E-state index contributed by atoms with van der Waals surface area (Å²) in [5, 5.41) is 8.74. The number of nitrogens with one attached hydrogen (secondary N) is 1. The van der Waals surface area contributed by atoms with Gasteiger partial charge < -0.3 is 4.57 Å². The van der Waals surface area contributed by atoms with Crippen molar-refractivity contribution in [2.45, 2.75) is 26.3 Å². The molecule has 1 aromatic heterocycles. The number of hydrogen-bond acceptors (Lipinski definition) is 3. The summed E-state index contributed by atoms with van der Waals surface area (Å²) in [5.74, 6) is 0.317. The normalized spacial score (nSPS) is 12.1. The molecular formula is C28H27N3O2. The Morgan fingerprint density at radius 1 is 1.03 bits per heavy atom. The number of amides is 1. The number of carbonyl (C=O) groups is 1. The van der Waals surface area contributed by atoms with Crippen molar-refractivity contribution in [2.75, 3.05) is 0 Å². The maximum absolute atomic E-state index is 11.4. The average molecular weight is 438 g/mol. The van der Waals surface area contributed by atoms with Gasteiger partial charge in [-0.3, -0.25) is 10.0 Å². The Balaban J connectivity index is 1.82. The van der Waals surface area contributed by atoms with E-state index in [4.69, 9.17) is 10.2 Å². The van der Waals surface area contributed by atoms with Crippen LogP contribution in [0.5, 0.6) is 0 Å². The van der Waals surface area contributed by atoms with Crippen molar-refractivity contribution in [2.24, 2.45) is 0 Å². The molecule has 1 amide bonds. The summed E-state index contributed by atoms with van der Waals surface area (Å²) in [6.45, 7) is 4.26. The zero-order chi connectivity index (χ0) is 23.2. The number of aryl methyl sites for hydroxylation is 1. The van der Waals surface area contributed by atoms with Crippen molar-refractivity contribution >= 4 is 12.0 Å². The Hall–Kier alpha value is -3.96. The van der Waals surface area contributed by atoms with Crippen LogP contribution < -0.4 is 5.48 Å². The first-order chi connectivity index (χ1) is 16.1. The van der Waals surface area contributed by atoms with Crippen molar-refractivity contribution in [3.8, 4) is 11.4 Å². The number of aromatic nitrogens is 2. The van der Waals surface area contributed by atoms with Crippen LogP contribution in [0.25, 0.3) is 17.5 Å². The lowest BCUT2D eigenvalue weighted by Gasteiger charge is -2.21. The fraction of sp³-hybridized carbons (Fsp3) is 0.143. The fourth-order valence-corrected chi connectivity index (χ4v) is 4.07. The van der Waals surface area contributed by atoms with E-state index in [2.05, 4.69) is 66.9 Å². The van der Waals surface area contributed by atoms with Gasteiger partial charge in [0.25, 0.3) is 5.91 Å². The Morgan fingerprint density at radius 3 is 2.42 bits per heavy atom. The van der Waals surface area contributed by atoms with Crippen LogP contribution >= 0.6 is 0 Å². The summed E-state index contributed by atoms with van der Waals surface area (Å²) in [6, 6.07) is 28.8. The molecule has 1 atom stereocenters. The minimum atomic E-state index is -0.569. The second-order valence-electron chi connectivity index (χ2n) is 8.02. The van der Waals surface area contributed by atoms with Crippen LogP contribution in [0, 0.1) is 6.92 Å². The summed E-state index contributed by atoms with van der Waals surface area (Å²) >= 11 is 0. The highest BCUT2D eigenvalue weighted by Crippen LogP contribution is 2.31. The highest BCUT2D eigenvalue weighted by Gasteiger charge is 2.21. The Labute approximate surface area is 194 Å². The predicted octanol–water partition coefficient (Wildman–Crippen LogP) is 5.58. The van der Waals surface area contributed by atoms with Gasteiger partial charge in [0.2, 0.25) is 0 Å². The Bertz CT molecular complexity index is 1260. The molecule has 33 heavy (non-hydrogen) atoms. The van der Waals surface area contributed by atoms with E-state index >= 15 is 0 Å². The quantitative estimate of drug-likeness (QED) is 0.225. The number of hydrogen-bond donors (Lipinski definition) is 2. The molecule has 0 aliphatic heterocycles. The number of nitrogens with zero attached hydrogens (tertiary/aromatic N) is 2. The molecule has 0 fully saturated rings. The maximum atomic E-state index is 11.4. The molecular weight excluding hydrogens is 410 g/mol. The number of hydroxylamine groups is 1. The summed E-state index contributed by atoms with van der Waals surface area (Å²) in [6.07, 6.45) is 3.75. The molecule has 0 unspecified atom stereocenters. The molecule has 0 saturated carbocycles. The second-order valence-corrected chi connectivity index (χ2v) is 8.02. The molecule has 166 valence electrons. The number of benzene rings is 3. The summed E-state index contributed by atoms with van der Waals surface area (Å²) < 4.78 is 2.32. The molecule has 3 aromatic carbocycles. The Morgan fingerprint density at radius 2 is 1.73 bits per heavy atom. The lowest BCUT2D eigenvalue weighted by molar-refractivity contribution is -0.124. The molecule has 1 heterocycles. The van der Waals surface area contributed by atoms with Gasteiger partial charge in [0.1, 0.15) is 5.82 Å². The molecule has 0 aliphatic rings. The zero-order valence-corrected chi connectivity index (χ0v) is 18.8. The lowest BCUT2D eigenvalue weighted by Crippen LogP contribution is -2.14. The van der Waals surface area contributed by atoms with Gasteiger partial charge in [0, 0.05) is 23.8 Å². The van der Waals surface area contributed by atoms with Gasteiger partial charge in [-0.2, -0.15) is 0 Å². The molecule has 4 rings (SSSR count). The minimum absolute atomic E-state index is 0.0838. The molecule has 5 nitrogen and oxygen atoms in total. The van der Waals surface area contributed by atoms with Gasteiger partial charge in [0.15, 0.2) is 0 Å². The van der Waals surface area contributed by atoms with Crippen LogP contribution in [0.3, 0.4) is 0 Å². The topological polar surface area (TPSA) is 67.2 Å². The van der Waals surface area contributed by atoms with Crippen LogP contribution in [-0.2, 0) is 11.2 Å². The molecule has 5 heteroatoms. The third kappa shape index (κ3) is 5.10. The molecule has 0 aliphatic carbocycles. The maximum Gasteiger partial charge on any atom is 0.267 e. The fourth-order valence-electron chi connectivity index (χ4n) is 4.07. The predicted molar refractivity (Wildman–Crippen MR) is 131 cm³/mol. The van der Waals surface area contributed by atoms with Crippen LogP contribution in [-0.4, -0.2) is 20.7 Å². The van der Waals surface area contributed by atoms with Crippen molar-refractivity contribution in [1.82, 2.24) is 15.0 Å². The molecule has 0 spiro atoms. The lowest BCUT2D eigenvalue weighted by atomic mass is 10.0. The third-order valence-electron chi connectivity index (χ3n) is 5.78. The number of rotatable bonds is 7. The first kappa shape index (κ1) is 22.2. The Kier molecular flexibility index (Phi) is 6.81. The van der Waals surface area contributed by atoms with Gasteiger partial charge in [-0.05, 0) is 42.7 Å². The molecule has 0 bridgehead atoms. The van der Waals surface area contributed by atoms with Crippen molar-refractivity contribution < 1.29 is 10.0 Å². The zero-order valence-electron chi connectivity index (χ0n) is 18.8. The number of carbonyl (C=O) groups excluding carboxylic acids is 1. The van der Waals surface area contributed by atoms with Crippen molar-refractivity contribution in [1.29, 1.82) is 0 Å². The van der Waals surface area contributed by atoms with E-state index in [9.17, 15) is 4.79 Å². The monoisotopic (exact) mass is 437 g/mol. The standard InChI is InChI=1S/C28H27N3O2/c1-20-26(19-22-10-5-3-6-11-22)31(21(2)24-13-7-4-8-14-24)28(29-20)25-15-9-12-23(18-25)16-17-27(32)30-33/h3-18,21,33H,19H2,1-2H3,(H,30,32)/t21-/m1/s1. The summed E-state index contributed by atoms with van der Waals surface area (Å²) in [4.78, 5) is 16.4. The molecule has 2 N–H and O–H groups in total. The van der Waals surface area contributed by atoms with Crippen LogP contribution in [0.15, 0.2) is 91.0 Å². The van der Waals surface area contributed by atoms with Gasteiger partial charge in [0.05, 0.1) is 11.7 Å². The van der Waals surface area contributed by atoms with Crippen LogP contribution in [0.1, 0.15) is 41.0 Å². The largest absolute Gasteiger partial charge is 0.320 e. The van der Waals surface area contributed by atoms with E-state index in [0.29, 0.717) is 0 Å². The van der Waals surface area contributed by atoms with E-state index in [1.54, 1.807) is 11.6 Å². The van der Waals surface area contributed by atoms with Crippen LogP contribution in [0.4, 0.5) is 0 Å². The van der Waals surface area contributed by atoms with Gasteiger partial charge in [-0.15, -0.1) is 0 Å². The van der Waals surface area contributed by atoms with Crippen molar-refractivity contribution in [3.05, 3.63) is 119 Å². The SMILES string of the molecule is Cc1nc(-c2cccc(C=CC(=O)NO)c2)n([C@H](C)c2ccccc2)c1Cc1ccccc1. The minimum Gasteiger partial charge on any atom is -0.320 e. The first-order valence-electron chi connectivity index (χ1n) is 11.0. The van der Waals surface area contributed by atoms with E-state index in [1.165, 1.54) is 22.9 Å². The number of imidazole rings is 1. The van der Waals surface area contributed by atoms with Gasteiger partial charge in [-0.25, -0.2) is 10.5 Å². The van der Waals surface area contributed by atoms with Crippen molar-refractivity contribution in [3.63, 3.8) is 0 Å². The second kappa shape index (κ2) is 10.1. The molecule has 0 radical (unpaired) electrons. The van der Waals surface area contributed by atoms with E-state index in [0.717, 1.165) is 29.1 Å². The highest BCUT2D eigenvalue weighted by atomic mass is 16.5.